The first-order valence-corrected chi connectivity index (χ1v) is 10.3. The second kappa shape index (κ2) is 10.0. The predicted octanol–water partition coefficient (Wildman–Crippen LogP) is 5.86. The summed E-state index contributed by atoms with van der Waals surface area (Å²) >= 11 is 6.12. The molecule has 0 spiro atoms. The standard InChI is InChI=1S/C25H20ClN3O4/c1-31-20-12-11-18(15-19(20)26)28-25(30)17-9-7-16(8-10-17)24-27-14-13-23(29-24)33-22-6-4-3-5-21(22)32-2/h3-15H,1-2H3,(H,28,30). The molecule has 7 nitrogen and oxygen atoms in total. The van der Waals surface area contributed by atoms with E-state index in [0.717, 1.165) is 5.56 Å². The molecule has 0 unspecified atom stereocenters. The van der Waals surface area contributed by atoms with Crippen LogP contribution >= 0.6 is 11.6 Å². The average molecular weight is 462 g/mol. The number of carbonyl (C=O) groups excluding carboxylic acids is 1. The molecule has 0 aliphatic rings. The molecule has 0 aliphatic heterocycles. The fourth-order valence-corrected chi connectivity index (χ4v) is 3.33. The molecule has 0 atom stereocenters. The van der Waals surface area contributed by atoms with Crippen molar-refractivity contribution in [1.82, 2.24) is 9.97 Å². The first-order chi connectivity index (χ1) is 16.1. The summed E-state index contributed by atoms with van der Waals surface area (Å²) in [6.45, 7) is 0. The van der Waals surface area contributed by atoms with E-state index in [1.165, 1.54) is 7.11 Å². The number of nitrogens with zero attached hydrogens (tertiary/aromatic N) is 2. The molecule has 1 N–H and O–H groups in total. The fraction of sp³-hybridized carbons (Fsp3) is 0.0800. The molecule has 0 radical (unpaired) electrons. The lowest BCUT2D eigenvalue weighted by Crippen LogP contribution is -2.11. The third-order valence-electron chi connectivity index (χ3n) is 4.73. The topological polar surface area (TPSA) is 82.6 Å². The highest BCUT2D eigenvalue weighted by Crippen LogP contribution is 2.31. The number of ether oxygens (including phenoxy) is 3. The van der Waals surface area contributed by atoms with Crippen LogP contribution in [0.25, 0.3) is 11.4 Å². The van der Waals surface area contributed by atoms with Gasteiger partial charge in [0.25, 0.3) is 5.91 Å². The number of rotatable bonds is 7. The average Bonchev–Trinajstić information content (AvgIpc) is 2.85. The summed E-state index contributed by atoms with van der Waals surface area (Å²) in [6, 6.07) is 21.0. The Bertz CT molecular complexity index is 1280. The number of hydrogen-bond donors (Lipinski definition) is 1. The molecular weight excluding hydrogens is 442 g/mol. The second-order valence-corrected chi connectivity index (χ2v) is 7.26. The SMILES string of the molecule is COc1ccc(NC(=O)c2ccc(-c3nccc(Oc4ccccc4OC)n3)cc2)cc1Cl. The van der Waals surface area contributed by atoms with Crippen molar-refractivity contribution in [2.24, 2.45) is 0 Å². The maximum atomic E-state index is 12.6. The Labute approximate surface area is 195 Å². The maximum absolute atomic E-state index is 12.6. The summed E-state index contributed by atoms with van der Waals surface area (Å²) in [6.07, 6.45) is 1.61. The van der Waals surface area contributed by atoms with Gasteiger partial charge in [0.05, 0.1) is 19.2 Å². The van der Waals surface area contributed by atoms with Crippen LogP contribution in [0.3, 0.4) is 0 Å². The van der Waals surface area contributed by atoms with Gasteiger partial charge >= 0.3 is 0 Å². The van der Waals surface area contributed by atoms with Gasteiger partial charge in [-0.1, -0.05) is 35.9 Å². The van der Waals surface area contributed by atoms with Crippen molar-refractivity contribution in [3.05, 3.63) is 89.6 Å². The Morgan fingerprint density at radius 1 is 0.879 bits per heavy atom. The molecule has 166 valence electrons. The molecule has 3 aromatic carbocycles. The molecule has 8 heteroatoms. The summed E-state index contributed by atoms with van der Waals surface area (Å²) in [5, 5.41) is 3.23. The van der Waals surface area contributed by atoms with Crippen molar-refractivity contribution in [3.63, 3.8) is 0 Å². The van der Waals surface area contributed by atoms with Gasteiger partial charge in [0.2, 0.25) is 5.88 Å². The summed E-state index contributed by atoms with van der Waals surface area (Å²) in [7, 11) is 3.11. The Hall–Kier alpha value is -4.10. The first-order valence-electron chi connectivity index (χ1n) is 9.96. The van der Waals surface area contributed by atoms with Gasteiger partial charge in [-0.3, -0.25) is 4.79 Å². The predicted molar refractivity (Wildman–Crippen MR) is 126 cm³/mol. The number of benzene rings is 3. The van der Waals surface area contributed by atoms with E-state index in [1.54, 1.807) is 74.0 Å². The third kappa shape index (κ3) is 5.22. The third-order valence-corrected chi connectivity index (χ3v) is 5.02. The van der Waals surface area contributed by atoms with Gasteiger partial charge in [0.15, 0.2) is 17.3 Å². The van der Waals surface area contributed by atoms with Crippen LogP contribution in [-0.4, -0.2) is 30.1 Å². The van der Waals surface area contributed by atoms with Crippen LogP contribution < -0.4 is 19.5 Å². The fourth-order valence-electron chi connectivity index (χ4n) is 3.07. The number of nitrogens with one attached hydrogen (secondary N) is 1. The second-order valence-electron chi connectivity index (χ2n) is 6.85. The van der Waals surface area contributed by atoms with E-state index in [9.17, 15) is 4.79 Å². The van der Waals surface area contributed by atoms with Crippen LogP contribution in [0.15, 0.2) is 79.0 Å². The van der Waals surface area contributed by atoms with Crippen LogP contribution in [0.1, 0.15) is 10.4 Å². The largest absolute Gasteiger partial charge is 0.495 e. The molecule has 33 heavy (non-hydrogen) atoms. The molecule has 1 aromatic heterocycles. The van der Waals surface area contributed by atoms with Crippen molar-refractivity contribution >= 4 is 23.2 Å². The van der Waals surface area contributed by atoms with Gasteiger partial charge < -0.3 is 19.5 Å². The smallest absolute Gasteiger partial charge is 0.255 e. The molecule has 4 aromatic rings. The molecule has 0 saturated carbocycles. The summed E-state index contributed by atoms with van der Waals surface area (Å²) in [5.41, 5.74) is 1.79. The van der Waals surface area contributed by atoms with Gasteiger partial charge in [-0.25, -0.2) is 4.98 Å². The van der Waals surface area contributed by atoms with Crippen LogP contribution in [-0.2, 0) is 0 Å². The molecular formula is C25H20ClN3O4. The normalized spacial score (nSPS) is 10.4. The molecule has 1 heterocycles. The van der Waals surface area contributed by atoms with E-state index in [0.29, 0.717) is 45.2 Å². The number of para-hydroxylation sites is 2. The number of carbonyl (C=O) groups is 1. The minimum Gasteiger partial charge on any atom is -0.495 e. The van der Waals surface area contributed by atoms with Gasteiger partial charge in [0, 0.05) is 29.1 Å². The Morgan fingerprint density at radius 3 is 2.30 bits per heavy atom. The molecule has 4 rings (SSSR count). The van der Waals surface area contributed by atoms with Crippen molar-refractivity contribution in [2.45, 2.75) is 0 Å². The van der Waals surface area contributed by atoms with Crippen molar-refractivity contribution < 1.29 is 19.0 Å². The van der Waals surface area contributed by atoms with E-state index in [2.05, 4.69) is 15.3 Å². The molecule has 0 fully saturated rings. The molecule has 0 bridgehead atoms. The first kappa shape index (κ1) is 22.1. The minimum absolute atomic E-state index is 0.267. The number of halogens is 1. The summed E-state index contributed by atoms with van der Waals surface area (Å²) in [4.78, 5) is 21.4. The summed E-state index contributed by atoms with van der Waals surface area (Å²) in [5.74, 6) is 2.27. The van der Waals surface area contributed by atoms with Crippen LogP contribution in [0, 0.1) is 0 Å². The monoisotopic (exact) mass is 461 g/mol. The van der Waals surface area contributed by atoms with E-state index in [4.69, 9.17) is 25.8 Å². The zero-order valence-corrected chi connectivity index (χ0v) is 18.7. The van der Waals surface area contributed by atoms with Gasteiger partial charge in [-0.15, -0.1) is 0 Å². The van der Waals surface area contributed by atoms with Gasteiger partial charge in [0.1, 0.15) is 5.75 Å². The zero-order chi connectivity index (χ0) is 23.2. The van der Waals surface area contributed by atoms with E-state index < -0.39 is 0 Å². The van der Waals surface area contributed by atoms with Crippen LogP contribution in [0.4, 0.5) is 5.69 Å². The lowest BCUT2D eigenvalue weighted by atomic mass is 10.1. The Kier molecular flexibility index (Phi) is 6.71. The lowest BCUT2D eigenvalue weighted by molar-refractivity contribution is 0.102. The van der Waals surface area contributed by atoms with Crippen molar-refractivity contribution in [2.75, 3.05) is 19.5 Å². The zero-order valence-electron chi connectivity index (χ0n) is 17.9. The van der Waals surface area contributed by atoms with E-state index >= 15 is 0 Å². The van der Waals surface area contributed by atoms with Gasteiger partial charge in [-0.2, -0.15) is 4.98 Å². The van der Waals surface area contributed by atoms with Gasteiger partial charge in [-0.05, 0) is 42.5 Å². The van der Waals surface area contributed by atoms with E-state index in [-0.39, 0.29) is 5.91 Å². The highest BCUT2D eigenvalue weighted by Gasteiger charge is 2.11. The number of hydrogen-bond acceptors (Lipinski definition) is 6. The summed E-state index contributed by atoms with van der Waals surface area (Å²) < 4.78 is 16.3. The van der Waals surface area contributed by atoms with Crippen LogP contribution in [0.2, 0.25) is 5.02 Å². The minimum atomic E-state index is -0.267. The molecule has 0 saturated heterocycles. The highest BCUT2D eigenvalue weighted by molar-refractivity contribution is 6.32. The number of anilines is 1. The Balaban J connectivity index is 1.48. The molecule has 0 aliphatic carbocycles. The molecule has 1 amide bonds. The number of aromatic nitrogens is 2. The van der Waals surface area contributed by atoms with Crippen molar-refractivity contribution in [1.29, 1.82) is 0 Å². The number of amides is 1. The number of methoxy groups -OCH3 is 2. The highest BCUT2D eigenvalue weighted by atomic mass is 35.5. The Morgan fingerprint density at radius 2 is 1.61 bits per heavy atom. The van der Waals surface area contributed by atoms with E-state index in [1.807, 2.05) is 12.1 Å². The van der Waals surface area contributed by atoms with Crippen LogP contribution in [0.5, 0.6) is 23.1 Å². The lowest BCUT2D eigenvalue weighted by Gasteiger charge is -2.10. The quantitative estimate of drug-likeness (QED) is 0.371. The maximum Gasteiger partial charge on any atom is 0.255 e. The van der Waals surface area contributed by atoms with Crippen molar-refractivity contribution in [3.8, 4) is 34.5 Å².